The molecule has 2 rings (SSSR count). The fourth-order valence-electron chi connectivity index (χ4n) is 1.35. The Morgan fingerprint density at radius 3 is 3.00 bits per heavy atom. The maximum Gasteiger partial charge on any atom is 0.197 e. The van der Waals surface area contributed by atoms with Crippen LogP contribution in [0.2, 0.25) is 0 Å². The van der Waals surface area contributed by atoms with E-state index in [2.05, 4.69) is 14.7 Å². The molecule has 5 nitrogen and oxygen atoms in total. The Morgan fingerprint density at radius 2 is 2.35 bits per heavy atom. The number of aryl methyl sites for hydroxylation is 1. The van der Waals surface area contributed by atoms with Crippen molar-refractivity contribution in [3.8, 4) is 5.75 Å². The minimum atomic E-state index is 0.439. The second-order valence-electron chi connectivity index (χ2n) is 3.37. The Kier molecular flexibility index (Phi) is 3.80. The van der Waals surface area contributed by atoms with Crippen LogP contribution in [0.4, 0.5) is 10.8 Å². The third-order valence-corrected chi connectivity index (χ3v) is 3.68. The molecule has 0 spiro atoms. The third-order valence-electron chi connectivity index (χ3n) is 2.06. The van der Waals surface area contributed by atoms with E-state index in [1.165, 1.54) is 11.5 Å². The number of hydrogen-bond donors (Lipinski definition) is 2. The molecule has 0 radical (unpaired) electrons. The van der Waals surface area contributed by atoms with Crippen LogP contribution < -0.4 is 15.8 Å². The van der Waals surface area contributed by atoms with Gasteiger partial charge in [0.05, 0.1) is 23.9 Å². The van der Waals surface area contributed by atoms with E-state index in [1.807, 2.05) is 19.2 Å². The highest BCUT2D eigenvalue weighted by molar-refractivity contribution is 7.11. The molecule has 0 aliphatic heterocycles. The topological polar surface area (TPSA) is 73.1 Å². The first-order valence-corrected chi connectivity index (χ1v) is 6.88. The van der Waals surface area contributed by atoms with Gasteiger partial charge in [0.1, 0.15) is 0 Å². The predicted molar refractivity (Wildman–Crippen MR) is 71.9 cm³/mol. The molecular formula is C10H14N4OS2. The van der Waals surface area contributed by atoms with Gasteiger partial charge < -0.3 is 15.8 Å². The molecule has 3 N–H and O–H groups in total. The summed E-state index contributed by atoms with van der Waals surface area (Å²) in [5.74, 6) is 1.08. The second kappa shape index (κ2) is 5.33. The molecule has 0 unspecified atom stereocenters. The molecule has 17 heavy (non-hydrogen) atoms. The summed E-state index contributed by atoms with van der Waals surface area (Å²) >= 11 is 2.95. The zero-order chi connectivity index (χ0) is 12.3. The number of hydrogen-bond acceptors (Lipinski definition) is 7. The number of ether oxygens (including phenoxy) is 1. The predicted octanol–water partition coefficient (Wildman–Crippen LogP) is 2.50. The van der Waals surface area contributed by atoms with E-state index in [4.69, 9.17) is 10.5 Å². The summed E-state index contributed by atoms with van der Waals surface area (Å²) in [5.41, 5.74) is 6.74. The quantitative estimate of drug-likeness (QED) is 0.873. The average molecular weight is 270 g/mol. The van der Waals surface area contributed by atoms with Gasteiger partial charge in [-0.15, -0.1) is 11.3 Å². The maximum absolute atomic E-state index is 5.72. The van der Waals surface area contributed by atoms with E-state index in [0.29, 0.717) is 24.7 Å². The smallest absolute Gasteiger partial charge is 0.197 e. The highest BCUT2D eigenvalue weighted by Gasteiger charge is 2.12. The third kappa shape index (κ3) is 2.86. The Bertz CT molecular complexity index is 494. The minimum Gasteiger partial charge on any atom is -0.487 e. The number of nitrogens with two attached hydrogens (primary N) is 1. The fourth-order valence-corrected chi connectivity index (χ4v) is 2.62. The largest absolute Gasteiger partial charge is 0.487 e. The summed E-state index contributed by atoms with van der Waals surface area (Å²) in [6, 6.07) is 0. The molecule has 0 aliphatic rings. The van der Waals surface area contributed by atoms with Crippen LogP contribution in [-0.4, -0.2) is 16.0 Å². The number of anilines is 2. The van der Waals surface area contributed by atoms with Gasteiger partial charge in [-0.25, -0.2) is 4.98 Å². The van der Waals surface area contributed by atoms with Crippen LogP contribution in [0.1, 0.15) is 17.6 Å². The zero-order valence-electron chi connectivity index (χ0n) is 9.69. The molecule has 7 heteroatoms. The van der Waals surface area contributed by atoms with E-state index in [9.17, 15) is 0 Å². The lowest BCUT2D eigenvalue weighted by Gasteiger charge is -2.05. The Hall–Kier alpha value is -1.34. The summed E-state index contributed by atoms with van der Waals surface area (Å²) in [6.45, 7) is 5.15. The van der Waals surface area contributed by atoms with Gasteiger partial charge in [0.2, 0.25) is 0 Å². The molecule has 0 saturated heterocycles. The fraction of sp³-hybridized carbons (Fsp3) is 0.400. The van der Waals surface area contributed by atoms with Crippen LogP contribution in [0.5, 0.6) is 5.75 Å². The van der Waals surface area contributed by atoms with Crippen LogP contribution in [0, 0.1) is 6.92 Å². The van der Waals surface area contributed by atoms with Crippen LogP contribution >= 0.6 is 22.9 Å². The van der Waals surface area contributed by atoms with E-state index in [1.54, 1.807) is 11.3 Å². The van der Waals surface area contributed by atoms with Gasteiger partial charge in [0, 0.05) is 5.38 Å². The molecule has 0 aromatic carbocycles. The number of nitrogens with zero attached hydrogens (tertiary/aromatic N) is 2. The number of aromatic nitrogens is 2. The van der Waals surface area contributed by atoms with Crippen molar-refractivity contribution in [1.29, 1.82) is 0 Å². The lowest BCUT2D eigenvalue weighted by molar-refractivity contribution is 0.344. The highest BCUT2D eigenvalue weighted by atomic mass is 32.1. The summed E-state index contributed by atoms with van der Waals surface area (Å²) in [6.07, 6.45) is 0. The zero-order valence-corrected chi connectivity index (χ0v) is 11.3. The Morgan fingerprint density at radius 1 is 1.53 bits per heavy atom. The molecule has 0 aliphatic carbocycles. The summed E-state index contributed by atoms with van der Waals surface area (Å²) < 4.78 is 9.51. The van der Waals surface area contributed by atoms with Crippen molar-refractivity contribution in [3.63, 3.8) is 0 Å². The summed E-state index contributed by atoms with van der Waals surface area (Å²) in [5, 5.41) is 7.20. The van der Waals surface area contributed by atoms with Gasteiger partial charge in [0.25, 0.3) is 0 Å². The van der Waals surface area contributed by atoms with E-state index >= 15 is 0 Å². The molecule has 0 saturated carbocycles. The number of nitrogens with one attached hydrogen (secondary N) is 1. The van der Waals surface area contributed by atoms with Gasteiger partial charge in [-0.2, -0.15) is 4.37 Å². The van der Waals surface area contributed by atoms with Gasteiger partial charge in [-0.05, 0) is 25.4 Å². The maximum atomic E-state index is 5.72. The van der Waals surface area contributed by atoms with Gasteiger partial charge in [0.15, 0.2) is 16.6 Å². The van der Waals surface area contributed by atoms with Crippen molar-refractivity contribution >= 4 is 33.7 Å². The SMILES string of the molecule is CCOc1c(N)nsc1NCc1csc(C)n1. The molecule has 0 fully saturated rings. The van der Waals surface area contributed by atoms with Crippen LogP contribution in [0.25, 0.3) is 0 Å². The first kappa shape index (κ1) is 12.1. The van der Waals surface area contributed by atoms with E-state index < -0.39 is 0 Å². The van der Waals surface area contributed by atoms with Gasteiger partial charge in [-0.1, -0.05) is 0 Å². The molecule has 2 heterocycles. The summed E-state index contributed by atoms with van der Waals surface area (Å²) in [7, 11) is 0. The second-order valence-corrected chi connectivity index (χ2v) is 5.21. The van der Waals surface area contributed by atoms with Crippen molar-refractivity contribution in [2.75, 3.05) is 17.7 Å². The van der Waals surface area contributed by atoms with Crippen molar-refractivity contribution in [2.45, 2.75) is 20.4 Å². The van der Waals surface area contributed by atoms with E-state index in [-0.39, 0.29) is 0 Å². The Balaban J connectivity index is 2.03. The van der Waals surface area contributed by atoms with Crippen molar-refractivity contribution in [2.24, 2.45) is 0 Å². The molecule has 0 amide bonds. The number of thiazole rings is 1. The van der Waals surface area contributed by atoms with Gasteiger partial charge in [-0.3, -0.25) is 0 Å². The first-order valence-electron chi connectivity index (χ1n) is 5.23. The molecule has 0 bridgehead atoms. The normalized spacial score (nSPS) is 10.5. The summed E-state index contributed by atoms with van der Waals surface area (Å²) in [4.78, 5) is 4.38. The average Bonchev–Trinajstić information content (AvgIpc) is 2.86. The molecule has 2 aromatic rings. The van der Waals surface area contributed by atoms with E-state index in [0.717, 1.165) is 15.7 Å². The molecular weight excluding hydrogens is 256 g/mol. The Labute approximate surface area is 108 Å². The van der Waals surface area contributed by atoms with Crippen molar-refractivity contribution < 1.29 is 4.74 Å². The van der Waals surface area contributed by atoms with Crippen LogP contribution in [0.3, 0.4) is 0 Å². The first-order chi connectivity index (χ1) is 8.20. The lowest BCUT2D eigenvalue weighted by Crippen LogP contribution is -2.02. The van der Waals surface area contributed by atoms with Gasteiger partial charge >= 0.3 is 0 Å². The minimum absolute atomic E-state index is 0.439. The van der Waals surface area contributed by atoms with Crippen LogP contribution in [-0.2, 0) is 6.54 Å². The number of rotatable bonds is 5. The molecule has 0 atom stereocenters. The van der Waals surface area contributed by atoms with Crippen molar-refractivity contribution in [3.05, 3.63) is 16.1 Å². The monoisotopic (exact) mass is 270 g/mol. The lowest BCUT2D eigenvalue weighted by atomic mass is 10.4. The van der Waals surface area contributed by atoms with Crippen molar-refractivity contribution in [1.82, 2.24) is 9.36 Å². The number of nitrogen functional groups attached to an aromatic ring is 1. The standard InChI is InChI=1S/C10H14N4OS2/c1-3-15-8-9(11)14-17-10(8)12-4-7-5-16-6(2)13-7/h5,12H,3-4H2,1-2H3,(H2,11,14). The highest BCUT2D eigenvalue weighted by Crippen LogP contribution is 2.35. The van der Waals surface area contributed by atoms with Crippen LogP contribution in [0.15, 0.2) is 5.38 Å². The molecule has 2 aromatic heterocycles. The molecule has 92 valence electrons.